The normalized spacial score (nSPS) is 12.0. The molecule has 2 aromatic rings. The van der Waals surface area contributed by atoms with Crippen LogP contribution in [0.25, 0.3) is 0 Å². The van der Waals surface area contributed by atoms with E-state index in [4.69, 9.17) is 4.74 Å². The van der Waals surface area contributed by atoms with Gasteiger partial charge in [0.25, 0.3) is 0 Å². The van der Waals surface area contributed by atoms with Crippen molar-refractivity contribution in [2.45, 2.75) is 24.2 Å². The molecule has 0 bridgehead atoms. The molecule has 1 aromatic carbocycles. The zero-order valence-electron chi connectivity index (χ0n) is 12.1. The van der Waals surface area contributed by atoms with E-state index in [1.807, 2.05) is 38.1 Å². The summed E-state index contributed by atoms with van der Waals surface area (Å²) in [6, 6.07) is 7.57. The van der Waals surface area contributed by atoms with E-state index in [1.54, 1.807) is 7.11 Å². The first-order valence-corrected chi connectivity index (χ1v) is 8.25. The third kappa shape index (κ3) is 4.44. The number of nitrogens with zero attached hydrogens (tertiary/aromatic N) is 2. The number of hydrogen-bond donors (Lipinski definition) is 1. The summed E-state index contributed by atoms with van der Waals surface area (Å²) in [5.41, 5.74) is 0.963. The maximum absolute atomic E-state index is 12.0. The lowest BCUT2D eigenvalue weighted by atomic mass is 10.1. The SMILES string of the molecule is COc1ccccc1C(C)NC(=O)CSc1nnc(C)s1. The van der Waals surface area contributed by atoms with E-state index in [-0.39, 0.29) is 11.9 Å². The van der Waals surface area contributed by atoms with Crippen molar-refractivity contribution in [1.29, 1.82) is 0 Å². The molecule has 0 saturated heterocycles. The van der Waals surface area contributed by atoms with Gasteiger partial charge in [-0.05, 0) is 19.9 Å². The number of ether oxygens (including phenoxy) is 1. The van der Waals surface area contributed by atoms with E-state index in [0.717, 1.165) is 20.7 Å². The van der Waals surface area contributed by atoms with Crippen molar-refractivity contribution in [3.8, 4) is 5.75 Å². The van der Waals surface area contributed by atoms with Crippen LogP contribution in [0.1, 0.15) is 23.5 Å². The van der Waals surface area contributed by atoms with Crippen LogP contribution in [0, 0.1) is 6.92 Å². The van der Waals surface area contributed by atoms with Crippen LogP contribution >= 0.6 is 23.1 Å². The monoisotopic (exact) mass is 323 g/mol. The van der Waals surface area contributed by atoms with Crippen LogP contribution in [0.3, 0.4) is 0 Å². The van der Waals surface area contributed by atoms with Crippen molar-refractivity contribution < 1.29 is 9.53 Å². The fourth-order valence-corrected chi connectivity index (χ4v) is 3.48. The number of amides is 1. The molecule has 2 rings (SSSR count). The number of hydrogen-bond acceptors (Lipinski definition) is 6. The molecule has 21 heavy (non-hydrogen) atoms. The molecule has 1 heterocycles. The van der Waals surface area contributed by atoms with E-state index < -0.39 is 0 Å². The number of aryl methyl sites for hydroxylation is 1. The molecule has 0 saturated carbocycles. The Balaban J connectivity index is 1.89. The number of rotatable bonds is 6. The summed E-state index contributed by atoms with van der Waals surface area (Å²) in [6.45, 7) is 3.83. The minimum Gasteiger partial charge on any atom is -0.496 e. The summed E-state index contributed by atoms with van der Waals surface area (Å²) in [4.78, 5) is 12.0. The second-order valence-electron chi connectivity index (χ2n) is 4.41. The highest BCUT2D eigenvalue weighted by atomic mass is 32.2. The second kappa shape index (κ2) is 7.42. The average molecular weight is 323 g/mol. The van der Waals surface area contributed by atoms with Crippen LogP contribution in [0.4, 0.5) is 0 Å². The Kier molecular flexibility index (Phi) is 5.58. The first-order chi connectivity index (χ1) is 10.1. The van der Waals surface area contributed by atoms with Gasteiger partial charge in [0.2, 0.25) is 5.91 Å². The molecule has 0 aliphatic rings. The molecule has 1 unspecified atom stereocenters. The lowest BCUT2D eigenvalue weighted by Gasteiger charge is -2.16. The minimum absolute atomic E-state index is 0.0359. The fraction of sp³-hybridized carbons (Fsp3) is 0.357. The molecule has 0 aliphatic heterocycles. The predicted octanol–water partition coefficient (Wildman–Crippen LogP) is 2.82. The Bertz CT molecular complexity index is 616. The topological polar surface area (TPSA) is 64.1 Å². The molecule has 0 aliphatic carbocycles. The van der Waals surface area contributed by atoms with Gasteiger partial charge in [-0.3, -0.25) is 4.79 Å². The van der Waals surface area contributed by atoms with Crippen molar-refractivity contribution in [3.05, 3.63) is 34.8 Å². The molecule has 5 nitrogen and oxygen atoms in total. The Morgan fingerprint density at radius 2 is 2.19 bits per heavy atom. The maximum atomic E-state index is 12.0. The van der Waals surface area contributed by atoms with Gasteiger partial charge in [-0.15, -0.1) is 10.2 Å². The Labute approximate surface area is 132 Å². The highest BCUT2D eigenvalue weighted by Gasteiger charge is 2.14. The van der Waals surface area contributed by atoms with Crippen molar-refractivity contribution in [2.24, 2.45) is 0 Å². The van der Waals surface area contributed by atoms with E-state index >= 15 is 0 Å². The van der Waals surface area contributed by atoms with Gasteiger partial charge in [0.1, 0.15) is 10.8 Å². The number of thioether (sulfide) groups is 1. The standard InChI is InChI=1S/C14H17N3O2S2/c1-9(11-6-4-5-7-12(11)19-3)15-13(18)8-20-14-17-16-10(2)21-14/h4-7,9H,8H2,1-3H3,(H,15,18). The summed E-state index contributed by atoms with van der Waals surface area (Å²) in [6.07, 6.45) is 0. The highest BCUT2D eigenvalue weighted by Crippen LogP contribution is 2.25. The fourth-order valence-electron chi connectivity index (χ4n) is 1.85. The summed E-state index contributed by atoms with van der Waals surface area (Å²) >= 11 is 2.89. The van der Waals surface area contributed by atoms with Crippen molar-refractivity contribution in [1.82, 2.24) is 15.5 Å². The lowest BCUT2D eigenvalue weighted by Crippen LogP contribution is -2.28. The highest BCUT2D eigenvalue weighted by molar-refractivity contribution is 8.01. The van der Waals surface area contributed by atoms with E-state index in [0.29, 0.717) is 5.75 Å². The smallest absolute Gasteiger partial charge is 0.230 e. The zero-order valence-corrected chi connectivity index (χ0v) is 13.8. The molecular formula is C14H17N3O2S2. The Morgan fingerprint density at radius 1 is 1.43 bits per heavy atom. The molecule has 1 N–H and O–H groups in total. The quantitative estimate of drug-likeness (QED) is 0.828. The van der Waals surface area contributed by atoms with Crippen LogP contribution < -0.4 is 10.1 Å². The van der Waals surface area contributed by atoms with Crippen molar-refractivity contribution in [3.63, 3.8) is 0 Å². The van der Waals surface area contributed by atoms with Gasteiger partial charge in [0.15, 0.2) is 4.34 Å². The number of carbonyl (C=O) groups excluding carboxylic acids is 1. The Morgan fingerprint density at radius 3 is 2.86 bits per heavy atom. The number of aromatic nitrogens is 2. The van der Waals surface area contributed by atoms with Gasteiger partial charge in [-0.1, -0.05) is 41.3 Å². The molecular weight excluding hydrogens is 306 g/mol. The number of nitrogens with one attached hydrogen (secondary N) is 1. The largest absolute Gasteiger partial charge is 0.496 e. The summed E-state index contributed by atoms with van der Waals surface area (Å²) in [5.74, 6) is 1.07. The molecule has 112 valence electrons. The summed E-state index contributed by atoms with van der Waals surface area (Å²) in [7, 11) is 1.63. The Hall–Kier alpha value is -1.60. The molecule has 0 fully saturated rings. The predicted molar refractivity (Wildman–Crippen MR) is 84.9 cm³/mol. The number of para-hydroxylation sites is 1. The van der Waals surface area contributed by atoms with Crippen LogP contribution in [0.2, 0.25) is 0 Å². The first-order valence-electron chi connectivity index (χ1n) is 6.45. The molecule has 1 atom stereocenters. The third-order valence-electron chi connectivity index (χ3n) is 2.82. The maximum Gasteiger partial charge on any atom is 0.230 e. The van der Waals surface area contributed by atoms with Gasteiger partial charge in [0, 0.05) is 5.56 Å². The average Bonchev–Trinajstić information content (AvgIpc) is 2.90. The number of carbonyl (C=O) groups is 1. The van der Waals surface area contributed by atoms with Crippen LogP contribution in [0.15, 0.2) is 28.6 Å². The van der Waals surface area contributed by atoms with Crippen LogP contribution in [0.5, 0.6) is 5.75 Å². The van der Waals surface area contributed by atoms with Gasteiger partial charge >= 0.3 is 0 Å². The number of benzene rings is 1. The summed E-state index contributed by atoms with van der Waals surface area (Å²) in [5, 5.41) is 11.8. The molecule has 7 heteroatoms. The van der Waals surface area contributed by atoms with E-state index in [2.05, 4.69) is 15.5 Å². The molecule has 1 aromatic heterocycles. The zero-order chi connectivity index (χ0) is 15.2. The molecule has 0 radical (unpaired) electrons. The molecule has 0 spiro atoms. The first kappa shape index (κ1) is 15.8. The van der Waals surface area contributed by atoms with E-state index in [1.165, 1.54) is 23.1 Å². The van der Waals surface area contributed by atoms with Gasteiger partial charge in [0.05, 0.1) is 18.9 Å². The lowest BCUT2D eigenvalue weighted by molar-refractivity contribution is -0.119. The van der Waals surface area contributed by atoms with E-state index in [9.17, 15) is 4.79 Å². The van der Waals surface area contributed by atoms with Gasteiger partial charge < -0.3 is 10.1 Å². The third-order valence-corrected chi connectivity index (χ3v) is 4.79. The van der Waals surface area contributed by atoms with Crippen molar-refractivity contribution in [2.75, 3.05) is 12.9 Å². The van der Waals surface area contributed by atoms with Crippen molar-refractivity contribution >= 4 is 29.0 Å². The second-order valence-corrected chi connectivity index (χ2v) is 6.81. The number of methoxy groups -OCH3 is 1. The minimum atomic E-state index is -0.106. The van der Waals surface area contributed by atoms with Crippen LogP contribution in [-0.4, -0.2) is 29.0 Å². The van der Waals surface area contributed by atoms with Crippen LogP contribution in [-0.2, 0) is 4.79 Å². The van der Waals surface area contributed by atoms with Gasteiger partial charge in [-0.2, -0.15) is 0 Å². The molecule has 1 amide bonds. The van der Waals surface area contributed by atoms with Gasteiger partial charge in [-0.25, -0.2) is 0 Å². The summed E-state index contributed by atoms with van der Waals surface area (Å²) < 4.78 is 6.12.